The predicted octanol–water partition coefficient (Wildman–Crippen LogP) is 1.48. The van der Waals surface area contributed by atoms with Crippen LogP contribution in [0.4, 0.5) is 11.4 Å². The summed E-state index contributed by atoms with van der Waals surface area (Å²) in [5.74, 6) is -0.675. The smallest absolute Gasteiger partial charge is 0.303 e. The van der Waals surface area contributed by atoms with Crippen LogP contribution in [0.15, 0.2) is 18.2 Å². The molecular formula is C13H16N2O3. The van der Waals surface area contributed by atoms with Gasteiger partial charge in [-0.25, -0.2) is 0 Å². The highest BCUT2D eigenvalue weighted by atomic mass is 16.4. The SMILES string of the molecule is CN1C(=O)Cc2cc(NCCCC(=O)O)ccc21. The van der Waals surface area contributed by atoms with E-state index in [1.165, 1.54) is 0 Å². The number of anilines is 2. The summed E-state index contributed by atoms with van der Waals surface area (Å²) in [6.45, 7) is 0.620. The summed E-state index contributed by atoms with van der Waals surface area (Å²) < 4.78 is 0. The number of hydrogen-bond acceptors (Lipinski definition) is 3. The molecule has 5 heteroatoms. The molecule has 0 spiro atoms. The van der Waals surface area contributed by atoms with E-state index in [1.54, 1.807) is 11.9 Å². The van der Waals surface area contributed by atoms with Gasteiger partial charge in [-0.3, -0.25) is 9.59 Å². The van der Waals surface area contributed by atoms with Crippen molar-refractivity contribution in [2.24, 2.45) is 0 Å². The van der Waals surface area contributed by atoms with E-state index >= 15 is 0 Å². The lowest BCUT2D eigenvalue weighted by atomic mass is 10.1. The molecule has 2 rings (SSSR count). The number of hydrogen-bond donors (Lipinski definition) is 2. The Morgan fingerprint density at radius 3 is 3.00 bits per heavy atom. The first-order valence-electron chi connectivity index (χ1n) is 5.93. The molecule has 0 saturated carbocycles. The van der Waals surface area contributed by atoms with E-state index in [-0.39, 0.29) is 12.3 Å². The standard InChI is InChI=1S/C13H16N2O3/c1-15-11-5-4-10(7-9(11)8-12(15)16)14-6-2-3-13(17)18/h4-5,7,14H,2-3,6,8H2,1H3,(H,17,18). The van der Waals surface area contributed by atoms with Crippen molar-refractivity contribution >= 4 is 23.3 Å². The number of amides is 1. The number of likely N-dealkylation sites (N-methyl/N-ethyl adjacent to an activating group) is 1. The van der Waals surface area contributed by atoms with E-state index in [1.807, 2.05) is 18.2 Å². The van der Waals surface area contributed by atoms with Gasteiger partial charge in [0.25, 0.3) is 0 Å². The van der Waals surface area contributed by atoms with Crippen LogP contribution in [0.2, 0.25) is 0 Å². The summed E-state index contributed by atoms with van der Waals surface area (Å²) in [6, 6.07) is 5.78. The van der Waals surface area contributed by atoms with Crippen molar-refractivity contribution < 1.29 is 14.7 Å². The minimum atomic E-state index is -0.780. The van der Waals surface area contributed by atoms with Crippen LogP contribution in [0.1, 0.15) is 18.4 Å². The lowest BCUT2D eigenvalue weighted by molar-refractivity contribution is -0.137. The Balaban J connectivity index is 1.94. The Kier molecular flexibility index (Phi) is 3.50. The van der Waals surface area contributed by atoms with Gasteiger partial charge in [0.05, 0.1) is 6.42 Å². The van der Waals surface area contributed by atoms with Gasteiger partial charge < -0.3 is 15.3 Å². The highest BCUT2D eigenvalue weighted by Crippen LogP contribution is 2.29. The van der Waals surface area contributed by atoms with Crippen molar-refractivity contribution in [3.8, 4) is 0 Å². The third-order valence-corrected chi connectivity index (χ3v) is 3.05. The Hall–Kier alpha value is -2.04. The number of nitrogens with one attached hydrogen (secondary N) is 1. The molecule has 2 N–H and O–H groups in total. The fourth-order valence-corrected chi connectivity index (χ4v) is 2.05. The van der Waals surface area contributed by atoms with Gasteiger partial charge in [-0.15, -0.1) is 0 Å². The van der Waals surface area contributed by atoms with Gasteiger partial charge in [0.2, 0.25) is 5.91 Å². The number of rotatable bonds is 5. The minimum Gasteiger partial charge on any atom is -0.481 e. The molecule has 0 unspecified atom stereocenters. The van der Waals surface area contributed by atoms with Crippen molar-refractivity contribution in [1.29, 1.82) is 0 Å². The predicted molar refractivity (Wildman–Crippen MR) is 68.9 cm³/mol. The van der Waals surface area contributed by atoms with Gasteiger partial charge >= 0.3 is 5.97 Å². The maximum atomic E-state index is 11.5. The normalized spacial score (nSPS) is 13.6. The van der Waals surface area contributed by atoms with Gasteiger partial charge in [0.1, 0.15) is 0 Å². The average Bonchev–Trinajstić information content (AvgIpc) is 2.60. The summed E-state index contributed by atoms with van der Waals surface area (Å²) in [5.41, 5.74) is 2.91. The second-order valence-corrected chi connectivity index (χ2v) is 4.40. The molecule has 1 aliphatic rings. The zero-order valence-electron chi connectivity index (χ0n) is 10.3. The molecule has 0 fully saturated rings. The van der Waals surface area contributed by atoms with E-state index in [4.69, 9.17) is 5.11 Å². The lowest BCUT2D eigenvalue weighted by Gasteiger charge is -2.11. The molecule has 96 valence electrons. The second kappa shape index (κ2) is 5.08. The van der Waals surface area contributed by atoms with E-state index in [0.717, 1.165) is 16.9 Å². The molecule has 1 aromatic rings. The van der Waals surface area contributed by atoms with Crippen molar-refractivity contribution in [3.05, 3.63) is 23.8 Å². The van der Waals surface area contributed by atoms with Crippen LogP contribution in [-0.4, -0.2) is 30.6 Å². The van der Waals surface area contributed by atoms with E-state index in [2.05, 4.69) is 5.32 Å². The monoisotopic (exact) mass is 248 g/mol. The number of carbonyl (C=O) groups excluding carboxylic acids is 1. The maximum Gasteiger partial charge on any atom is 0.303 e. The number of fused-ring (bicyclic) bond motifs is 1. The Bertz CT molecular complexity index is 485. The fraction of sp³-hybridized carbons (Fsp3) is 0.385. The van der Waals surface area contributed by atoms with Crippen LogP contribution in [0, 0.1) is 0 Å². The molecule has 0 aliphatic carbocycles. The molecule has 0 saturated heterocycles. The number of benzene rings is 1. The first-order chi connectivity index (χ1) is 8.58. The van der Waals surface area contributed by atoms with Gasteiger partial charge in [-0.2, -0.15) is 0 Å². The van der Waals surface area contributed by atoms with E-state index < -0.39 is 5.97 Å². The molecule has 1 amide bonds. The molecular weight excluding hydrogens is 232 g/mol. The quantitative estimate of drug-likeness (QED) is 0.774. The molecule has 18 heavy (non-hydrogen) atoms. The Labute approximate surface area is 105 Å². The van der Waals surface area contributed by atoms with Crippen LogP contribution in [0.3, 0.4) is 0 Å². The topological polar surface area (TPSA) is 69.6 Å². The highest BCUT2D eigenvalue weighted by Gasteiger charge is 2.23. The van der Waals surface area contributed by atoms with Gasteiger partial charge in [0.15, 0.2) is 0 Å². The van der Waals surface area contributed by atoms with E-state index in [9.17, 15) is 9.59 Å². The number of aliphatic carboxylic acids is 1. The largest absolute Gasteiger partial charge is 0.481 e. The summed E-state index contributed by atoms with van der Waals surface area (Å²) in [7, 11) is 1.77. The molecule has 1 heterocycles. The fourth-order valence-electron chi connectivity index (χ4n) is 2.05. The lowest BCUT2D eigenvalue weighted by Crippen LogP contribution is -2.20. The summed E-state index contributed by atoms with van der Waals surface area (Å²) in [6.07, 6.45) is 1.20. The summed E-state index contributed by atoms with van der Waals surface area (Å²) >= 11 is 0. The van der Waals surface area contributed by atoms with Crippen LogP contribution < -0.4 is 10.2 Å². The first kappa shape index (κ1) is 12.4. The number of nitrogens with zero attached hydrogens (tertiary/aromatic N) is 1. The number of carbonyl (C=O) groups is 2. The summed E-state index contributed by atoms with van der Waals surface area (Å²) in [4.78, 5) is 23.5. The van der Waals surface area contributed by atoms with Crippen LogP contribution >= 0.6 is 0 Å². The molecule has 0 radical (unpaired) electrons. The molecule has 5 nitrogen and oxygen atoms in total. The summed E-state index contributed by atoms with van der Waals surface area (Å²) in [5, 5.41) is 11.7. The van der Waals surface area contributed by atoms with Crippen molar-refractivity contribution in [1.82, 2.24) is 0 Å². The molecule has 0 aromatic heterocycles. The van der Waals surface area contributed by atoms with Crippen LogP contribution in [0.25, 0.3) is 0 Å². The first-order valence-corrected chi connectivity index (χ1v) is 5.93. The zero-order valence-corrected chi connectivity index (χ0v) is 10.3. The molecule has 0 bridgehead atoms. The Morgan fingerprint density at radius 2 is 2.28 bits per heavy atom. The molecule has 1 aromatic carbocycles. The van der Waals surface area contributed by atoms with Crippen LogP contribution in [-0.2, 0) is 16.0 Å². The average molecular weight is 248 g/mol. The van der Waals surface area contributed by atoms with Crippen molar-refractivity contribution in [3.63, 3.8) is 0 Å². The second-order valence-electron chi connectivity index (χ2n) is 4.40. The number of carboxylic acid groups (broad SMARTS) is 1. The van der Waals surface area contributed by atoms with E-state index in [0.29, 0.717) is 19.4 Å². The Morgan fingerprint density at radius 1 is 1.50 bits per heavy atom. The molecule has 0 atom stereocenters. The number of carboxylic acids is 1. The molecule has 1 aliphatic heterocycles. The minimum absolute atomic E-state index is 0.105. The van der Waals surface area contributed by atoms with Gasteiger partial charge in [0, 0.05) is 31.4 Å². The van der Waals surface area contributed by atoms with Gasteiger partial charge in [-0.05, 0) is 30.2 Å². The third-order valence-electron chi connectivity index (χ3n) is 3.05. The maximum absolute atomic E-state index is 11.5. The van der Waals surface area contributed by atoms with Crippen LogP contribution in [0.5, 0.6) is 0 Å². The van der Waals surface area contributed by atoms with Crippen molar-refractivity contribution in [2.45, 2.75) is 19.3 Å². The van der Waals surface area contributed by atoms with Gasteiger partial charge in [-0.1, -0.05) is 0 Å². The highest BCUT2D eigenvalue weighted by molar-refractivity contribution is 6.01. The van der Waals surface area contributed by atoms with Crippen molar-refractivity contribution in [2.75, 3.05) is 23.8 Å². The zero-order chi connectivity index (χ0) is 13.1. The third kappa shape index (κ3) is 2.61.